The van der Waals surface area contributed by atoms with E-state index in [1.54, 1.807) is 6.07 Å². The molecule has 4 nitrogen and oxygen atoms in total. The van der Waals surface area contributed by atoms with Crippen molar-refractivity contribution in [1.29, 1.82) is 0 Å². The SMILES string of the molecule is CC[C@H](C)[C@H](CC(=O)c1cc(C2CC2)c(OCC23CC4CC(CC(C4)C2)C3)cc1F)C(=O)OC(C)(C)C. The molecule has 37 heavy (non-hydrogen) atoms. The van der Waals surface area contributed by atoms with Gasteiger partial charge in [-0.15, -0.1) is 0 Å². The van der Waals surface area contributed by atoms with Gasteiger partial charge in [-0.25, -0.2) is 4.39 Å². The number of ether oxygens (including phenoxy) is 2. The number of ketones is 1. The maximum absolute atomic E-state index is 15.4. The smallest absolute Gasteiger partial charge is 0.310 e. The zero-order valence-corrected chi connectivity index (χ0v) is 23.4. The summed E-state index contributed by atoms with van der Waals surface area (Å²) in [4.78, 5) is 26.3. The summed E-state index contributed by atoms with van der Waals surface area (Å²) < 4.78 is 27.5. The zero-order valence-electron chi connectivity index (χ0n) is 23.4. The topological polar surface area (TPSA) is 52.6 Å². The van der Waals surface area contributed by atoms with Gasteiger partial charge in [0.25, 0.3) is 0 Å². The van der Waals surface area contributed by atoms with Crippen molar-refractivity contribution in [2.45, 2.75) is 110 Å². The van der Waals surface area contributed by atoms with Gasteiger partial charge in [-0.05, 0) is 113 Å². The molecule has 0 saturated heterocycles. The molecule has 2 atom stereocenters. The standard InChI is InChI=1S/C32H45FO4/c1-6-19(2)24(30(35)37-31(3,4)5)13-28(34)26-12-25(23-7-8-23)29(14-27(26)33)36-18-32-15-20-9-21(16-32)11-22(10-20)17-32/h12,14,19-24H,6-11,13,15-18H2,1-5H3/t19-,20?,21?,22?,24-,32?/m0/s1. The van der Waals surface area contributed by atoms with Crippen molar-refractivity contribution in [3.63, 3.8) is 0 Å². The molecule has 0 heterocycles. The summed E-state index contributed by atoms with van der Waals surface area (Å²) in [7, 11) is 0. The highest BCUT2D eigenvalue weighted by atomic mass is 19.1. The van der Waals surface area contributed by atoms with Crippen LogP contribution in [0.25, 0.3) is 0 Å². The number of esters is 1. The second kappa shape index (κ2) is 10.0. The van der Waals surface area contributed by atoms with E-state index in [0.717, 1.165) is 42.6 Å². The molecule has 0 unspecified atom stereocenters. The van der Waals surface area contributed by atoms with Crippen LogP contribution in [0, 0.1) is 40.8 Å². The first-order valence-electron chi connectivity index (χ1n) is 14.7. The lowest BCUT2D eigenvalue weighted by atomic mass is 9.50. The van der Waals surface area contributed by atoms with Gasteiger partial charge in [-0.3, -0.25) is 9.59 Å². The molecular formula is C32H45FO4. The van der Waals surface area contributed by atoms with E-state index < -0.39 is 17.3 Å². The summed E-state index contributed by atoms with van der Waals surface area (Å²) in [5.41, 5.74) is 0.663. The Labute approximate surface area is 222 Å². The average Bonchev–Trinajstić information content (AvgIpc) is 3.64. The number of carbonyl (C=O) groups excluding carboxylic acids is 2. The van der Waals surface area contributed by atoms with Gasteiger partial charge in [-0.2, -0.15) is 0 Å². The van der Waals surface area contributed by atoms with Gasteiger partial charge >= 0.3 is 5.97 Å². The second-order valence-electron chi connectivity index (χ2n) is 14.0. The normalized spacial score (nSPS) is 30.2. The van der Waals surface area contributed by atoms with Crippen LogP contribution in [0.3, 0.4) is 0 Å². The van der Waals surface area contributed by atoms with E-state index in [9.17, 15) is 9.59 Å². The monoisotopic (exact) mass is 512 g/mol. The lowest BCUT2D eigenvalue weighted by molar-refractivity contribution is -0.161. The summed E-state index contributed by atoms with van der Waals surface area (Å²) >= 11 is 0. The van der Waals surface area contributed by atoms with Gasteiger partial charge in [0.15, 0.2) is 5.78 Å². The highest BCUT2D eigenvalue weighted by molar-refractivity contribution is 5.98. The number of hydrogen-bond donors (Lipinski definition) is 0. The van der Waals surface area contributed by atoms with Gasteiger partial charge in [0.1, 0.15) is 17.2 Å². The summed E-state index contributed by atoms with van der Waals surface area (Å²) in [5, 5.41) is 0. The molecule has 1 aromatic rings. The van der Waals surface area contributed by atoms with Crippen molar-refractivity contribution in [3.05, 3.63) is 29.1 Å². The molecule has 5 aliphatic carbocycles. The molecule has 4 bridgehead atoms. The highest BCUT2D eigenvalue weighted by Crippen LogP contribution is 2.60. The minimum Gasteiger partial charge on any atom is -0.493 e. The number of Topliss-reactive ketones (excluding diaryl/α,β-unsaturated/α-hetero) is 1. The molecule has 5 aliphatic rings. The maximum Gasteiger partial charge on any atom is 0.310 e. The number of hydrogen-bond acceptors (Lipinski definition) is 4. The molecule has 5 saturated carbocycles. The van der Waals surface area contributed by atoms with Crippen LogP contribution >= 0.6 is 0 Å². The van der Waals surface area contributed by atoms with Crippen molar-refractivity contribution < 1.29 is 23.5 Å². The average molecular weight is 513 g/mol. The number of carbonyl (C=O) groups is 2. The van der Waals surface area contributed by atoms with Crippen LogP contribution in [0.4, 0.5) is 4.39 Å². The molecular weight excluding hydrogens is 467 g/mol. The quantitative estimate of drug-likeness (QED) is 0.236. The molecule has 0 amide bonds. The van der Waals surface area contributed by atoms with Crippen LogP contribution < -0.4 is 4.74 Å². The van der Waals surface area contributed by atoms with E-state index in [1.165, 1.54) is 44.6 Å². The predicted molar refractivity (Wildman–Crippen MR) is 142 cm³/mol. The third kappa shape index (κ3) is 5.91. The zero-order chi connectivity index (χ0) is 26.5. The van der Waals surface area contributed by atoms with E-state index in [0.29, 0.717) is 18.3 Å². The number of benzene rings is 1. The Morgan fingerprint density at radius 2 is 1.65 bits per heavy atom. The van der Waals surface area contributed by atoms with E-state index >= 15 is 4.39 Å². The second-order valence-corrected chi connectivity index (χ2v) is 14.0. The Bertz CT molecular complexity index is 999. The molecule has 1 aromatic carbocycles. The van der Waals surface area contributed by atoms with Crippen molar-refractivity contribution in [1.82, 2.24) is 0 Å². The predicted octanol–water partition coefficient (Wildman–Crippen LogP) is 7.88. The van der Waals surface area contributed by atoms with Crippen molar-refractivity contribution in [2.75, 3.05) is 6.61 Å². The Balaban J connectivity index is 1.33. The van der Waals surface area contributed by atoms with Crippen molar-refractivity contribution >= 4 is 11.8 Å². The third-order valence-corrected chi connectivity index (χ3v) is 9.56. The minimum absolute atomic E-state index is 0.0346. The fourth-order valence-electron chi connectivity index (χ4n) is 7.81. The van der Waals surface area contributed by atoms with Crippen molar-refractivity contribution in [3.8, 4) is 5.75 Å². The van der Waals surface area contributed by atoms with Crippen LogP contribution in [0.15, 0.2) is 12.1 Å². The minimum atomic E-state index is -0.633. The molecule has 0 N–H and O–H groups in total. The van der Waals surface area contributed by atoms with Gasteiger partial charge < -0.3 is 9.47 Å². The van der Waals surface area contributed by atoms with E-state index in [4.69, 9.17) is 9.47 Å². The van der Waals surface area contributed by atoms with Crippen LogP contribution in [0.5, 0.6) is 5.75 Å². The third-order valence-electron chi connectivity index (χ3n) is 9.56. The summed E-state index contributed by atoms with van der Waals surface area (Å²) in [6.45, 7) is 10.1. The van der Waals surface area contributed by atoms with E-state index in [2.05, 4.69) is 0 Å². The molecule has 0 radical (unpaired) electrons. The highest BCUT2D eigenvalue weighted by Gasteiger charge is 2.51. The van der Waals surface area contributed by atoms with E-state index in [-0.39, 0.29) is 35.1 Å². The molecule has 204 valence electrons. The van der Waals surface area contributed by atoms with Gasteiger partial charge in [0, 0.05) is 17.9 Å². The summed E-state index contributed by atoms with van der Waals surface area (Å²) in [6.07, 6.45) is 10.7. The first kappa shape index (κ1) is 26.7. The molecule has 0 aliphatic heterocycles. The Kier molecular flexibility index (Phi) is 7.21. The molecule has 0 spiro atoms. The van der Waals surface area contributed by atoms with Gasteiger partial charge in [0.2, 0.25) is 0 Å². The van der Waals surface area contributed by atoms with E-state index in [1.807, 2.05) is 34.6 Å². The molecule has 0 aromatic heterocycles. The molecule has 5 fully saturated rings. The van der Waals surface area contributed by atoms with Crippen LogP contribution in [-0.2, 0) is 9.53 Å². The molecule has 6 rings (SSSR count). The number of rotatable bonds is 10. The lowest BCUT2D eigenvalue weighted by Gasteiger charge is -2.56. The summed E-state index contributed by atoms with van der Waals surface area (Å²) in [6, 6.07) is 3.18. The fraction of sp³-hybridized carbons (Fsp3) is 0.750. The van der Waals surface area contributed by atoms with Crippen LogP contribution in [0.1, 0.15) is 121 Å². The van der Waals surface area contributed by atoms with Gasteiger partial charge in [-0.1, -0.05) is 20.3 Å². The summed E-state index contributed by atoms with van der Waals surface area (Å²) in [5.74, 6) is 1.61. The van der Waals surface area contributed by atoms with Crippen LogP contribution in [-0.4, -0.2) is 24.0 Å². The largest absolute Gasteiger partial charge is 0.493 e. The van der Waals surface area contributed by atoms with Crippen molar-refractivity contribution in [2.24, 2.45) is 35.0 Å². The van der Waals surface area contributed by atoms with Gasteiger partial charge in [0.05, 0.1) is 18.1 Å². The lowest BCUT2D eigenvalue weighted by Crippen LogP contribution is -2.48. The molecule has 5 heteroatoms. The maximum atomic E-state index is 15.4. The Morgan fingerprint density at radius 3 is 2.16 bits per heavy atom. The number of halogens is 1. The Morgan fingerprint density at radius 1 is 1.05 bits per heavy atom. The Hall–Kier alpha value is -1.91. The van der Waals surface area contributed by atoms with Crippen LogP contribution in [0.2, 0.25) is 0 Å². The fourth-order valence-corrected chi connectivity index (χ4v) is 7.81. The first-order chi connectivity index (χ1) is 17.4. The first-order valence-corrected chi connectivity index (χ1v) is 14.7.